The van der Waals surface area contributed by atoms with Crippen LogP contribution in [0.3, 0.4) is 0 Å². The summed E-state index contributed by atoms with van der Waals surface area (Å²) in [6.45, 7) is 5.14. The Morgan fingerprint density at radius 2 is 2.04 bits per heavy atom. The number of benzene rings is 1. The third-order valence-corrected chi connectivity index (χ3v) is 5.86. The number of hydrogen-bond acceptors (Lipinski definition) is 4. The van der Waals surface area contributed by atoms with Gasteiger partial charge >= 0.3 is 0 Å². The van der Waals surface area contributed by atoms with Crippen molar-refractivity contribution in [2.45, 2.75) is 26.1 Å². The van der Waals surface area contributed by atoms with Crippen molar-refractivity contribution in [2.24, 2.45) is 4.99 Å². The lowest BCUT2D eigenvalue weighted by Crippen LogP contribution is -2.51. The molecule has 140 valence electrons. The first-order valence-electron chi connectivity index (χ1n) is 8.41. The van der Waals surface area contributed by atoms with Gasteiger partial charge in [0.25, 0.3) is 0 Å². The number of morpholine rings is 1. The van der Waals surface area contributed by atoms with E-state index in [0.717, 1.165) is 5.56 Å². The Morgan fingerprint density at radius 1 is 1.36 bits per heavy atom. The molecule has 1 saturated heterocycles. The Morgan fingerprint density at radius 3 is 2.64 bits per heavy atom. The summed E-state index contributed by atoms with van der Waals surface area (Å²) in [5.41, 5.74) is 0.905. The molecule has 6 nitrogen and oxygen atoms in total. The number of nitrogens with one attached hydrogen (secondary N) is 1. The van der Waals surface area contributed by atoms with Crippen molar-refractivity contribution in [1.29, 1.82) is 0 Å². The van der Waals surface area contributed by atoms with Gasteiger partial charge in [-0.3, -0.25) is 4.99 Å². The molecule has 0 aliphatic carbocycles. The molecule has 0 bridgehead atoms. The van der Waals surface area contributed by atoms with Gasteiger partial charge in [0.05, 0.1) is 18.4 Å². The molecule has 2 unspecified atom stereocenters. The van der Waals surface area contributed by atoms with Crippen LogP contribution in [0, 0.1) is 5.82 Å². The molecule has 1 aliphatic rings. The van der Waals surface area contributed by atoms with Gasteiger partial charge in [-0.15, -0.1) is 0 Å². The minimum absolute atomic E-state index is 0.0262. The molecule has 25 heavy (non-hydrogen) atoms. The average Bonchev–Trinajstić information content (AvgIpc) is 2.59. The summed E-state index contributed by atoms with van der Waals surface area (Å²) in [5, 5.41) is 3.11. The van der Waals surface area contributed by atoms with E-state index in [-0.39, 0.29) is 29.5 Å². The molecular formula is C17H26FN3O3S. The van der Waals surface area contributed by atoms with Crippen molar-refractivity contribution < 1.29 is 17.5 Å². The zero-order valence-electron chi connectivity index (χ0n) is 14.9. The summed E-state index contributed by atoms with van der Waals surface area (Å²) in [7, 11) is -1.35. The molecule has 1 heterocycles. The molecule has 2 rings (SSSR count). The first-order valence-corrected chi connectivity index (χ1v) is 10.2. The van der Waals surface area contributed by atoms with Gasteiger partial charge in [-0.1, -0.05) is 19.1 Å². The molecule has 1 fully saturated rings. The Bertz CT molecular complexity index is 692. The van der Waals surface area contributed by atoms with Gasteiger partial charge in [-0.05, 0) is 24.6 Å². The first-order chi connectivity index (χ1) is 11.8. The topological polar surface area (TPSA) is 71.0 Å². The second kappa shape index (κ2) is 8.62. The Balaban J connectivity index is 2.02. The quantitative estimate of drug-likeness (QED) is 0.629. The molecule has 0 saturated carbocycles. The third kappa shape index (κ3) is 5.67. The SMILES string of the molecule is CCS(=O)(=O)CCNC(=NC)N1CC(C)OC(c2ccc(F)cc2)C1. The van der Waals surface area contributed by atoms with Crippen LogP contribution in [0.5, 0.6) is 0 Å². The highest BCUT2D eigenvalue weighted by Crippen LogP contribution is 2.25. The van der Waals surface area contributed by atoms with Crippen LogP contribution in [0.4, 0.5) is 4.39 Å². The van der Waals surface area contributed by atoms with E-state index in [2.05, 4.69) is 10.3 Å². The Labute approximate surface area is 149 Å². The molecule has 2 atom stereocenters. The highest BCUT2D eigenvalue weighted by Gasteiger charge is 2.28. The average molecular weight is 371 g/mol. The van der Waals surface area contributed by atoms with Crippen LogP contribution < -0.4 is 5.32 Å². The first kappa shape index (κ1) is 19.7. The maximum absolute atomic E-state index is 13.1. The fourth-order valence-electron chi connectivity index (χ4n) is 2.78. The molecular weight excluding hydrogens is 345 g/mol. The molecule has 0 spiro atoms. The van der Waals surface area contributed by atoms with Crippen molar-refractivity contribution in [1.82, 2.24) is 10.2 Å². The van der Waals surface area contributed by atoms with Crippen molar-refractivity contribution in [2.75, 3.05) is 38.2 Å². The summed E-state index contributed by atoms with van der Waals surface area (Å²) in [6.07, 6.45) is -0.219. The fourth-order valence-corrected chi connectivity index (χ4v) is 3.48. The zero-order valence-corrected chi connectivity index (χ0v) is 15.7. The van der Waals surface area contributed by atoms with Crippen molar-refractivity contribution >= 4 is 15.8 Å². The van der Waals surface area contributed by atoms with Gasteiger partial charge in [0.15, 0.2) is 15.8 Å². The number of hydrogen-bond donors (Lipinski definition) is 1. The van der Waals surface area contributed by atoms with Gasteiger partial charge in [0, 0.05) is 25.9 Å². The van der Waals surface area contributed by atoms with Crippen LogP contribution in [0.2, 0.25) is 0 Å². The molecule has 0 amide bonds. The molecule has 1 aliphatic heterocycles. The molecule has 8 heteroatoms. The van der Waals surface area contributed by atoms with Crippen LogP contribution in [0.25, 0.3) is 0 Å². The number of nitrogens with zero attached hydrogens (tertiary/aromatic N) is 2. The lowest BCUT2D eigenvalue weighted by Gasteiger charge is -2.38. The minimum atomic E-state index is -3.02. The second-order valence-corrected chi connectivity index (χ2v) is 8.57. The third-order valence-electron chi connectivity index (χ3n) is 4.15. The van der Waals surface area contributed by atoms with E-state index in [1.54, 1.807) is 26.1 Å². The Kier molecular flexibility index (Phi) is 6.78. The van der Waals surface area contributed by atoms with E-state index in [4.69, 9.17) is 4.74 Å². The minimum Gasteiger partial charge on any atom is -0.367 e. The van der Waals surface area contributed by atoms with Crippen molar-refractivity contribution in [3.63, 3.8) is 0 Å². The number of ether oxygens (including phenoxy) is 1. The fraction of sp³-hybridized carbons (Fsp3) is 0.588. The maximum Gasteiger partial charge on any atom is 0.193 e. The lowest BCUT2D eigenvalue weighted by atomic mass is 10.1. The smallest absolute Gasteiger partial charge is 0.193 e. The summed E-state index contributed by atoms with van der Waals surface area (Å²) in [6, 6.07) is 6.29. The van der Waals surface area contributed by atoms with Crippen molar-refractivity contribution in [3.8, 4) is 0 Å². The number of rotatable bonds is 5. The molecule has 0 radical (unpaired) electrons. The van der Waals surface area contributed by atoms with Gasteiger partial charge in [0.2, 0.25) is 0 Å². The number of aliphatic imine (C=N–C) groups is 1. The monoisotopic (exact) mass is 371 g/mol. The molecule has 0 aromatic heterocycles. The normalized spacial score (nSPS) is 22.1. The van der Waals surface area contributed by atoms with E-state index in [9.17, 15) is 12.8 Å². The van der Waals surface area contributed by atoms with E-state index >= 15 is 0 Å². The Hall–Kier alpha value is -1.67. The lowest BCUT2D eigenvalue weighted by molar-refractivity contribution is -0.0604. The van der Waals surface area contributed by atoms with Crippen LogP contribution in [0.1, 0.15) is 25.5 Å². The summed E-state index contributed by atoms with van der Waals surface area (Å²) in [5.74, 6) is 0.575. The number of guanidine groups is 1. The highest BCUT2D eigenvalue weighted by atomic mass is 32.2. The van der Waals surface area contributed by atoms with Gasteiger partial charge < -0.3 is 15.0 Å². The summed E-state index contributed by atoms with van der Waals surface area (Å²) >= 11 is 0. The second-order valence-electron chi connectivity index (χ2n) is 6.10. The van der Waals surface area contributed by atoms with E-state index in [0.29, 0.717) is 25.6 Å². The largest absolute Gasteiger partial charge is 0.367 e. The van der Waals surface area contributed by atoms with Gasteiger partial charge in [-0.2, -0.15) is 0 Å². The van der Waals surface area contributed by atoms with Crippen LogP contribution in [-0.4, -0.2) is 63.6 Å². The highest BCUT2D eigenvalue weighted by molar-refractivity contribution is 7.91. The van der Waals surface area contributed by atoms with Crippen LogP contribution in [-0.2, 0) is 14.6 Å². The predicted molar refractivity (Wildman–Crippen MR) is 97.0 cm³/mol. The molecule has 1 N–H and O–H groups in total. The van der Waals surface area contributed by atoms with Gasteiger partial charge in [0.1, 0.15) is 11.9 Å². The predicted octanol–water partition coefficient (Wildman–Crippen LogP) is 1.60. The van der Waals surface area contributed by atoms with Gasteiger partial charge in [-0.25, -0.2) is 12.8 Å². The standard InChI is InChI=1S/C17H26FN3O3S/c1-4-25(22,23)10-9-20-17(19-3)21-11-13(2)24-16(12-21)14-5-7-15(18)8-6-14/h5-8,13,16H,4,9-12H2,1-3H3,(H,19,20). The maximum atomic E-state index is 13.1. The number of halogens is 1. The van der Waals surface area contributed by atoms with E-state index in [1.165, 1.54) is 12.1 Å². The summed E-state index contributed by atoms with van der Waals surface area (Å²) < 4.78 is 42.3. The van der Waals surface area contributed by atoms with Crippen molar-refractivity contribution in [3.05, 3.63) is 35.6 Å². The van der Waals surface area contributed by atoms with E-state index < -0.39 is 9.84 Å². The van der Waals surface area contributed by atoms with Crippen LogP contribution >= 0.6 is 0 Å². The van der Waals surface area contributed by atoms with Crippen LogP contribution in [0.15, 0.2) is 29.3 Å². The van der Waals surface area contributed by atoms with E-state index in [1.807, 2.05) is 11.8 Å². The summed E-state index contributed by atoms with van der Waals surface area (Å²) in [4.78, 5) is 6.30. The molecule has 1 aromatic carbocycles. The molecule has 1 aromatic rings. The zero-order chi connectivity index (χ0) is 18.4. The number of sulfone groups is 1.